The fourth-order valence-electron chi connectivity index (χ4n) is 4.10. The Balaban J connectivity index is 1.77. The Kier molecular flexibility index (Phi) is 4.91. The Morgan fingerprint density at radius 1 is 1.14 bits per heavy atom. The summed E-state index contributed by atoms with van der Waals surface area (Å²) in [4.78, 5) is 4.30. The number of nitrogens with zero attached hydrogens (tertiary/aromatic N) is 4. The van der Waals surface area contributed by atoms with Gasteiger partial charge in [0.2, 0.25) is 5.89 Å². The van der Waals surface area contributed by atoms with E-state index in [1.165, 1.54) is 18.2 Å². The normalized spacial score (nSPS) is 19.1. The van der Waals surface area contributed by atoms with Crippen molar-refractivity contribution in [2.45, 2.75) is 51.9 Å². The number of hydrogen-bond acceptors (Lipinski definition) is 5. The molecule has 0 N–H and O–H groups in total. The number of hydrogen-bond donors (Lipinski definition) is 0. The summed E-state index contributed by atoms with van der Waals surface area (Å²) in [5.41, 5.74) is 1.99. The van der Waals surface area contributed by atoms with E-state index in [4.69, 9.17) is 4.52 Å². The van der Waals surface area contributed by atoms with Crippen LogP contribution in [-0.2, 0) is 6.42 Å². The lowest BCUT2D eigenvalue weighted by atomic mass is 9.73. The third kappa shape index (κ3) is 3.41. The summed E-state index contributed by atoms with van der Waals surface area (Å²) < 4.78 is 33.6. The molecule has 7 heteroatoms. The summed E-state index contributed by atoms with van der Waals surface area (Å²) in [7, 11) is 0. The highest BCUT2D eigenvalue weighted by Crippen LogP contribution is 2.43. The zero-order chi connectivity index (χ0) is 19.8. The molecule has 0 spiro atoms. The Morgan fingerprint density at radius 2 is 1.89 bits per heavy atom. The Bertz CT molecular complexity index is 982. The average molecular weight is 384 g/mol. The van der Waals surface area contributed by atoms with Crippen molar-refractivity contribution < 1.29 is 13.3 Å². The van der Waals surface area contributed by atoms with Gasteiger partial charge in [0.05, 0.1) is 17.0 Å². The van der Waals surface area contributed by atoms with E-state index in [-0.39, 0.29) is 23.1 Å². The maximum Gasteiger partial charge on any atom is 0.223 e. The molecule has 0 fully saturated rings. The van der Waals surface area contributed by atoms with Crippen molar-refractivity contribution in [3.05, 3.63) is 58.9 Å². The molecule has 2 heterocycles. The van der Waals surface area contributed by atoms with Crippen LogP contribution in [0.25, 0.3) is 11.3 Å². The first-order valence-corrected chi connectivity index (χ1v) is 9.55. The molecule has 0 bridgehead atoms. The summed E-state index contributed by atoms with van der Waals surface area (Å²) in [5, 5.41) is 12.6. The summed E-state index contributed by atoms with van der Waals surface area (Å²) in [6, 6.07) is 5.63. The van der Waals surface area contributed by atoms with Gasteiger partial charge in [0, 0.05) is 19.3 Å². The Hall–Kier alpha value is -2.70. The van der Waals surface area contributed by atoms with Crippen LogP contribution in [0, 0.1) is 24.5 Å². The van der Waals surface area contributed by atoms with Gasteiger partial charge in [0.15, 0.2) is 5.82 Å². The van der Waals surface area contributed by atoms with Crippen LogP contribution in [0.15, 0.2) is 28.8 Å². The van der Waals surface area contributed by atoms with Crippen molar-refractivity contribution in [3.63, 3.8) is 0 Å². The Labute approximate surface area is 162 Å². The second kappa shape index (κ2) is 7.37. The minimum Gasteiger partial charge on any atom is -0.340 e. The minimum atomic E-state index is -0.634. The number of rotatable bonds is 4. The van der Waals surface area contributed by atoms with Crippen LogP contribution in [-0.4, -0.2) is 20.3 Å². The van der Waals surface area contributed by atoms with Crippen LogP contribution in [0.2, 0.25) is 0 Å². The lowest BCUT2D eigenvalue weighted by Crippen LogP contribution is -2.22. The molecule has 2 unspecified atom stereocenters. The molecule has 2 aromatic heterocycles. The van der Waals surface area contributed by atoms with Crippen LogP contribution >= 0.6 is 0 Å². The van der Waals surface area contributed by atoms with Gasteiger partial charge in [-0.05, 0) is 48.4 Å². The lowest BCUT2D eigenvalue weighted by molar-refractivity contribution is 0.372. The summed E-state index contributed by atoms with van der Waals surface area (Å²) >= 11 is 0. The number of aromatic nitrogens is 4. The van der Waals surface area contributed by atoms with E-state index < -0.39 is 11.6 Å². The minimum absolute atomic E-state index is 0.106. The summed E-state index contributed by atoms with van der Waals surface area (Å²) in [6.45, 7) is 6.07. The molecule has 1 aromatic carbocycles. The van der Waals surface area contributed by atoms with Gasteiger partial charge in [-0.15, -0.1) is 0 Å². The molecule has 28 heavy (non-hydrogen) atoms. The van der Waals surface area contributed by atoms with Gasteiger partial charge in [-0.1, -0.05) is 25.1 Å². The SMILES string of the molecule is Cc1nc(CC2CCC(C(C)C)c3cc(-c4c(F)cccc4F)nnc32)no1. The molecule has 1 aliphatic rings. The second-order valence-electron chi connectivity index (χ2n) is 7.73. The monoisotopic (exact) mass is 384 g/mol. The van der Waals surface area contributed by atoms with Gasteiger partial charge < -0.3 is 4.52 Å². The topological polar surface area (TPSA) is 64.7 Å². The van der Waals surface area contributed by atoms with E-state index in [9.17, 15) is 8.78 Å². The lowest BCUT2D eigenvalue weighted by Gasteiger charge is -2.32. The molecular formula is C21H22F2N4O. The molecule has 2 atom stereocenters. The average Bonchev–Trinajstić information content (AvgIpc) is 3.06. The van der Waals surface area contributed by atoms with Crippen molar-refractivity contribution in [3.8, 4) is 11.3 Å². The van der Waals surface area contributed by atoms with Crippen LogP contribution in [0.1, 0.15) is 61.5 Å². The van der Waals surface area contributed by atoms with Crippen molar-refractivity contribution in [1.29, 1.82) is 0 Å². The molecule has 0 amide bonds. The van der Waals surface area contributed by atoms with E-state index in [0.717, 1.165) is 24.1 Å². The fraction of sp³-hybridized carbons (Fsp3) is 0.429. The van der Waals surface area contributed by atoms with Gasteiger partial charge in [0.25, 0.3) is 0 Å². The highest BCUT2D eigenvalue weighted by molar-refractivity contribution is 5.61. The van der Waals surface area contributed by atoms with E-state index >= 15 is 0 Å². The highest BCUT2D eigenvalue weighted by Gasteiger charge is 2.32. The van der Waals surface area contributed by atoms with Crippen LogP contribution in [0.5, 0.6) is 0 Å². The Morgan fingerprint density at radius 3 is 2.54 bits per heavy atom. The fourth-order valence-corrected chi connectivity index (χ4v) is 4.10. The first-order valence-electron chi connectivity index (χ1n) is 9.55. The van der Waals surface area contributed by atoms with E-state index in [2.05, 4.69) is 34.2 Å². The second-order valence-corrected chi connectivity index (χ2v) is 7.73. The van der Waals surface area contributed by atoms with Crippen molar-refractivity contribution in [2.24, 2.45) is 5.92 Å². The molecule has 4 rings (SSSR count). The molecule has 146 valence electrons. The predicted molar refractivity (Wildman–Crippen MR) is 99.7 cm³/mol. The van der Waals surface area contributed by atoms with E-state index in [1.807, 2.05) is 6.07 Å². The standard InChI is InChI=1S/C21H22F2N4O/c1-11(2)14-8-7-13(9-19-24-12(3)28-27-19)21-15(14)10-18(25-26-21)20-16(22)5-4-6-17(20)23/h4-6,10-11,13-14H,7-9H2,1-3H3. The van der Waals surface area contributed by atoms with Crippen LogP contribution in [0.4, 0.5) is 8.78 Å². The molecule has 1 aliphatic carbocycles. The third-order valence-corrected chi connectivity index (χ3v) is 5.49. The number of aryl methyl sites for hydroxylation is 1. The molecule has 0 saturated heterocycles. The van der Waals surface area contributed by atoms with Gasteiger partial charge in [-0.3, -0.25) is 0 Å². The number of fused-ring (bicyclic) bond motifs is 1. The maximum absolute atomic E-state index is 14.3. The van der Waals surface area contributed by atoms with Crippen molar-refractivity contribution in [2.75, 3.05) is 0 Å². The summed E-state index contributed by atoms with van der Waals surface area (Å²) in [5.74, 6) is 0.658. The van der Waals surface area contributed by atoms with Gasteiger partial charge in [-0.25, -0.2) is 8.78 Å². The molecular weight excluding hydrogens is 362 g/mol. The van der Waals surface area contributed by atoms with Gasteiger partial charge in [-0.2, -0.15) is 15.2 Å². The van der Waals surface area contributed by atoms with E-state index in [1.54, 1.807) is 6.92 Å². The maximum atomic E-state index is 14.3. The largest absolute Gasteiger partial charge is 0.340 e. The highest BCUT2D eigenvalue weighted by atomic mass is 19.1. The molecule has 3 aromatic rings. The third-order valence-electron chi connectivity index (χ3n) is 5.49. The van der Waals surface area contributed by atoms with Crippen molar-refractivity contribution >= 4 is 0 Å². The molecule has 0 saturated carbocycles. The zero-order valence-electron chi connectivity index (χ0n) is 16.1. The van der Waals surface area contributed by atoms with Crippen LogP contribution in [0.3, 0.4) is 0 Å². The predicted octanol–water partition coefficient (Wildman–Crippen LogP) is 4.97. The smallest absolute Gasteiger partial charge is 0.223 e. The van der Waals surface area contributed by atoms with Gasteiger partial charge >= 0.3 is 0 Å². The van der Waals surface area contributed by atoms with Gasteiger partial charge in [0.1, 0.15) is 11.6 Å². The molecule has 5 nitrogen and oxygen atoms in total. The molecule has 0 radical (unpaired) electrons. The number of benzene rings is 1. The first-order chi connectivity index (χ1) is 13.4. The zero-order valence-corrected chi connectivity index (χ0v) is 16.1. The van der Waals surface area contributed by atoms with Crippen molar-refractivity contribution in [1.82, 2.24) is 20.3 Å². The van der Waals surface area contributed by atoms with E-state index in [0.29, 0.717) is 24.1 Å². The first kappa shape index (κ1) is 18.7. The summed E-state index contributed by atoms with van der Waals surface area (Å²) in [6.07, 6.45) is 2.51. The van der Waals surface area contributed by atoms with Crippen LogP contribution < -0.4 is 0 Å². The number of halogens is 2. The molecule has 0 aliphatic heterocycles. The quantitative estimate of drug-likeness (QED) is 0.635.